The van der Waals surface area contributed by atoms with Crippen LogP contribution in [0, 0.1) is 13.8 Å². The van der Waals surface area contributed by atoms with Crippen LogP contribution in [0.25, 0.3) is 0 Å². The lowest BCUT2D eigenvalue weighted by Gasteiger charge is -2.26. The number of benzene rings is 10. The Bertz CT molecular complexity index is 4640. The Morgan fingerprint density at radius 3 is 1.00 bits per heavy atom. The molecule has 2 aliphatic rings. The molecular formula is C80H72N4O12. The van der Waals surface area contributed by atoms with Crippen molar-refractivity contribution in [3.63, 3.8) is 0 Å². The molecule has 10 aromatic carbocycles. The summed E-state index contributed by atoms with van der Waals surface area (Å²) in [5.41, 5.74) is 8.97. The van der Waals surface area contributed by atoms with Crippen molar-refractivity contribution >= 4 is 59.4 Å². The van der Waals surface area contributed by atoms with Gasteiger partial charge in [-0.25, -0.2) is 9.80 Å². The number of ether oxygens (including phenoxy) is 4. The summed E-state index contributed by atoms with van der Waals surface area (Å²) in [4.78, 5) is 102. The lowest BCUT2D eigenvalue weighted by Crippen LogP contribution is -2.29. The van der Waals surface area contributed by atoms with E-state index in [0.29, 0.717) is 92.2 Å². The van der Waals surface area contributed by atoms with Crippen molar-refractivity contribution in [1.29, 1.82) is 0 Å². The number of imide groups is 2. The number of amides is 6. The van der Waals surface area contributed by atoms with Gasteiger partial charge in [-0.05, 0) is 187 Å². The maximum absolute atomic E-state index is 13.2. The molecule has 16 nitrogen and oxygen atoms in total. The number of hydrogen-bond donors (Lipinski definition) is 2. The number of aldehydes is 2. The fourth-order valence-electron chi connectivity index (χ4n) is 11.2. The second-order valence-electron chi connectivity index (χ2n) is 23.6. The normalized spacial score (nSPS) is 12.2. The molecule has 0 saturated carbocycles. The zero-order chi connectivity index (χ0) is 66.6. The fraction of sp³-hybridized carbons (Fsp3) is 0.150. The van der Waals surface area contributed by atoms with Crippen LogP contribution in [0.1, 0.15) is 159 Å². The molecule has 2 aliphatic heterocycles. The van der Waals surface area contributed by atoms with Crippen molar-refractivity contribution in [2.24, 2.45) is 0 Å². The minimum absolute atomic E-state index is 0. The van der Waals surface area contributed by atoms with E-state index in [1.54, 1.807) is 91.0 Å². The highest BCUT2D eigenvalue weighted by Gasteiger charge is 2.39. The molecular weight excluding hydrogens is 1210 g/mol. The number of anilines is 2. The fourth-order valence-corrected chi connectivity index (χ4v) is 11.2. The van der Waals surface area contributed by atoms with Gasteiger partial charge in [-0.1, -0.05) is 121 Å². The zero-order valence-electron chi connectivity index (χ0n) is 52.7. The third kappa shape index (κ3) is 14.0. The smallest absolute Gasteiger partial charge is 0.266 e. The van der Waals surface area contributed by atoms with Gasteiger partial charge in [0.1, 0.15) is 46.0 Å². The molecule has 0 spiro atoms. The third-order valence-electron chi connectivity index (χ3n) is 16.8. The van der Waals surface area contributed by atoms with Crippen molar-refractivity contribution in [2.75, 3.05) is 23.9 Å². The number of fused-ring (bicyclic) bond motifs is 2. The van der Waals surface area contributed by atoms with Gasteiger partial charge in [0, 0.05) is 36.1 Å². The van der Waals surface area contributed by atoms with Crippen LogP contribution in [-0.2, 0) is 10.8 Å². The van der Waals surface area contributed by atoms with Gasteiger partial charge in [0.25, 0.3) is 35.4 Å². The molecule has 96 heavy (non-hydrogen) atoms. The van der Waals surface area contributed by atoms with Crippen molar-refractivity contribution in [2.45, 2.75) is 67.2 Å². The second-order valence-corrected chi connectivity index (χ2v) is 23.6. The monoisotopic (exact) mass is 1280 g/mol. The Balaban J connectivity index is 0.000000221. The van der Waals surface area contributed by atoms with Crippen LogP contribution in [0.2, 0.25) is 0 Å². The van der Waals surface area contributed by atoms with Crippen LogP contribution in [0.5, 0.6) is 46.0 Å². The molecule has 0 aliphatic carbocycles. The third-order valence-corrected chi connectivity index (χ3v) is 16.8. The largest absolute Gasteiger partial charge is 0.457 e. The zero-order valence-corrected chi connectivity index (χ0v) is 52.7. The second kappa shape index (κ2) is 28.4. The molecule has 16 heteroatoms. The maximum Gasteiger partial charge on any atom is 0.266 e. The summed E-state index contributed by atoms with van der Waals surface area (Å²) in [6, 6.07) is 64.8. The van der Waals surface area contributed by atoms with Gasteiger partial charge < -0.3 is 29.6 Å². The maximum atomic E-state index is 13.2. The predicted octanol–water partition coefficient (Wildman–Crippen LogP) is 17.0. The molecule has 484 valence electrons. The average molecular weight is 1280 g/mol. The van der Waals surface area contributed by atoms with E-state index in [2.05, 4.69) is 38.3 Å². The first kappa shape index (κ1) is 68.3. The van der Waals surface area contributed by atoms with Crippen LogP contribution < -0.4 is 39.4 Å². The first-order valence-electron chi connectivity index (χ1n) is 30.1. The highest BCUT2D eigenvalue weighted by atomic mass is 16.5. The number of carbonyl (C=O) groups is 8. The molecule has 0 atom stereocenters. The number of rotatable bonds is 18. The minimum Gasteiger partial charge on any atom is -0.457 e. The Hall–Kier alpha value is -12.0. The van der Waals surface area contributed by atoms with E-state index in [1.165, 1.54) is 23.9 Å². The summed E-state index contributed by atoms with van der Waals surface area (Å²) >= 11 is 0. The topological polar surface area (TPSA) is 204 Å². The summed E-state index contributed by atoms with van der Waals surface area (Å²) < 4.78 is 24.1. The SMILES string of the molecule is C.C.CNC(=O)c1cc(Oc2ccc(C(C)(C)c3ccc(Oc4ccc5c(c4)C(=O)N(c4ccc(C)cc4)C5=O)cc3)cc2)ccc1C=O.CNC(=O)c1cc(Oc2ccc(C(C)(C)c3ccc(Oc4ccc5c(c4)C(=O)N(c4cccc(C)c4)C5=O)cc3)cc2)ccc1C=O. The Morgan fingerprint density at radius 1 is 0.354 bits per heavy atom. The van der Waals surface area contributed by atoms with E-state index in [-0.39, 0.29) is 83.4 Å². The molecule has 6 amide bonds. The lowest BCUT2D eigenvalue weighted by molar-refractivity contribution is 0.0910. The van der Waals surface area contributed by atoms with E-state index >= 15 is 0 Å². The summed E-state index contributed by atoms with van der Waals surface area (Å²) in [6.07, 6.45) is 1.28. The minimum atomic E-state index is -0.378. The number of hydrogen-bond acceptors (Lipinski definition) is 12. The van der Waals surface area contributed by atoms with Crippen molar-refractivity contribution < 1.29 is 57.3 Å². The van der Waals surface area contributed by atoms with E-state index in [4.69, 9.17) is 18.9 Å². The Kier molecular flexibility index (Phi) is 20.2. The molecule has 0 radical (unpaired) electrons. The highest BCUT2D eigenvalue weighted by molar-refractivity contribution is 6.35. The Morgan fingerprint density at radius 2 is 0.667 bits per heavy atom. The number of aryl methyl sites for hydroxylation is 2. The molecule has 12 rings (SSSR count). The summed E-state index contributed by atoms with van der Waals surface area (Å²) in [5.74, 6) is 1.99. The number of carbonyl (C=O) groups excluding carboxylic acids is 8. The first-order valence-corrected chi connectivity index (χ1v) is 30.1. The van der Waals surface area contributed by atoms with Gasteiger partial charge in [0.05, 0.1) is 44.8 Å². The van der Waals surface area contributed by atoms with E-state index in [0.717, 1.165) is 33.4 Å². The van der Waals surface area contributed by atoms with Crippen LogP contribution in [0.15, 0.2) is 218 Å². The van der Waals surface area contributed by atoms with Crippen molar-refractivity contribution in [1.82, 2.24) is 10.6 Å². The van der Waals surface area contributed by atoms with E-state index < -0.39 is 0 Å². The summed E-state index contributed by atoms with van der Waals surface area (Å²) in [7, 11) is 3.01. The van der Waals surface area contributed by atoms with Crippen molar-refractivity contribution in [3.05, 3.63) is 296 Å². The number of nitrogens with one attached hydrogen (secondary N) is 2. The molecule has 0 saturated heterocycles. The number of nitrogens with zero attached hydrogens (tertiary/aromatic N) is 2. The standard InChI is InChI=1S/2C39H32N2O6.2CH4/c1-24-5-12-28(13-6-24)41-37(44)33-20-19-32(22-35(33)38(41)45)47-30-17-10-27(11-18-30)39(2,3)26-8-15-29(16-9-26)46-31-14-7-25(23-42)34(21-31)36(43)40-4;1-24-6-5-7-28(20-24)41-37(44)33-19-18-32(22-35(33)38(41)45)47-30-16-11-27(12-17-30)39(2,3)26-9-14-29(15-10-26)46-31-13-8-25(23-42)34(21-31)36(43)40-4;;/h2*5-23H,1-4H3,(H,40,43);2*1H4. The molecule has 10 aromatic rings. The van der Waals surface area contributed by atoms with Gasteiger partial charge in [0.15, 0.2) is 12.6 Å². The molecule has 2 heterocycles. The van der Waals surface area contributed by atoms with Gasteiger partial charge in [-0.2, -0.15) is 0 Å². The molecule has 0 unspecified atom stereocenters. The molecule has 0 fully saturated rings. The lowest BCUT2D eigenvalue weighted by atomic mass is 9.78. The summed E-state index contributed by atoms with van der Waals surface area (Å²) in [5, 5.41) is 5.07. The van der Waals surface area contributed by atoms with Crippen molar-refractivity contribution in [3.8, 4) is 46.0 Å². The predicted molar refractivity (Wildman–Crippen MR) is 372 cm³/mol. The quantitative estimate of drug-likeness (QED) is 0.0608. The molecule has 0 aromatic heterocycles. The van der Waals surface area contributed by atoms with Gasteiger partial charge >= 0.3 is 0 Å². The first-order chi connectivity index (χ1) is 45.2. The van der Waals surface area contributed by atoms with E-state index in [9.17, 15) is 38.4 Å². The van der Waals surface area contributed by atoms with Crippen LogP contribution in [0.3, 0.4) is 0 Å². The van der Waals surface area contributed by atoms with E-state index in [1.807, 2.05) is 141 Å². The van der Waals surface area contributed by atoms with Gasteiger partial charge in [-0.15, -0.1) is 0 Å². The van der Waals surface area contributed by atoms with Gasteiger partial charge in [0.2, 0.25) is 0 Å². The van der Waals surface area contributed by atoms with Gasteiger partial charge in [-0.3, -0.25) is 38.4 Å². The Labute approximate surface area is 558 Å². The highest BCUT2D eigenvalue weighted by Crippen LogP contribution is 2.40. The summed E-state index contributed by atoms with van der Waals surface area (Å²) in [6.45, 7) is 12.3. The van der Waals surface area contributed by atoms with Crippen LogP contribution >= 0.6 is 0 Å². The molecule has 0 bridgehead atoms. The van der Waals surface area contributed by atoms with Crippen LogP contribution in [0.4, 0.5) is 11.4 Å². The molecule has 2 N–H and O–H groups in total. The van der Waals surface area contributed by atoms with Crippen LogP contribution in [-0.4, -0.2) is 62.1 Å². The average Bonchev–Trinajstić information content (AvgIpc) is 1.48.